The molecule has 0 bridgehead atoms. The van der Waals surface area contributed by atoms with Crippen molar-refractivity contribution >= 4 is 34.3 Å². The summed E-state index contributed by atoms with van der Waals surface area (Å²) in [5, 5.41) is 9.85. The van der Waals surface area contributed by atoms with Crippen LogP contribution in [0, 0.1) is 0 Å². The van der Waals surface area contributed by atoms with E-state index in [1.54, 1.807) is 28.5 Å². The van der Waals surface area contributed by atoms with Gasteiger partial charge in [0.05, 0.1) is 29.8 Å². The van der Waals surface area contributed by atoms with Gasteiger partial charge < -0.3 is 21.7 Å². The molecule has 1 atom stereocenters. The van der Waals surface area contributed by atoms with E-state index in [-0.39, 0.29) is 11.9 Å². The Morgan fingerprint density at radius 3 is 2.97 bits per heavy atom. The molecule has 1 unspecified atom stereocenters. The van der Waals surface area contributed by atoms with Crippen LogP contribution in [0.3, 0.4) is 0 Å². The highest BCUT2D eigenvalue weighted by Crippen LogP contribution is 2.31. The number of carbonyl (C=O) groups is 1. The van der Waals surface area contributed by atoms with Crippen molar-refractivity contribution in [3.05, 3.63) is 71.8 Å². The van der Waals surface area contributed by atoms with E-state index >= 15 is 0 Å². The molecule has 33 heavy (non-hydrogen) atoms. The highest BCUT2D eigenvalue weighted by molar-refractivity contribution is 7.13. The Balaban J connectivity index is 1.31. The number of thiazole rings is 1. The first-order chi connectivity index (χ1) is 16.0. The number of nitrogens with two attached hydrogens (primary N) is 2. The normalized spacial score (nSPS) is 15.7. The Kier molecular flexibility index (Phi) is 5.76. The van der Waals surface area contributed by atoms with Crippen molar-refractivity contribution < 1.29 is 4.79 Å². The number of amides is 1. The highest BCUT2D eigenvalue weighted by atomic mass is 32.1. The maximum absolute atomic E-state index is 13.0. The Hall–Kier alpha value is -3.76. The minimum atomic E-state index is -0.284. The molecule has 1 aliphatic heterocycles. The minimum Gasteiger partial charge on any atom is -0.399 e. The zero-order valence-corrected chi connectivity index (χ0v) is 18.7. The highest BCUT2D eigenvalue weighted by Gasteiger charge is 2.23. The predicted octanol–water partition coefficient (Wildman–Crippen LogP) is 2.82. The van der Waals surface area contributed by atoms with Crippen molar-refractivity contribution in [2.75, 3.05) is 29.0 Å². The second-order valence-corrected chi connectivity index (χ2v) is 8.87. The van der Waals surface area contributed by atoms with E-state index < -0.39 is 0 Å². The first-order valence-corrected chi connectivity index (χ1v) is 11.5. The third-order valence-electron chi connectivity index (χ3n) is 5.50. The van der Waals surface area contributed by atoms with Gasteiger partial charge in [-0.25, -0.2) is 4.98 Å². The lowest BCUT2D eigenvalue weighted by molar-refractivity contribution is 0.102. The summed E-state index contributed by atoms with van der Waals surface area (Å²) in [6, 6.07) is 11.4. The van der Waals surface area contributed by atoms with Gasteiger partial charge in [0.2, 0.25) is 0 Å². The van der Waals surface area contributed by atoms with Crippen LogP contribution >= 0.6 is 11.3 Å². The van der Waals surface area contributed by atoms with Gasteiger partial charge in [0, 0.05) is 48.2 Å². The second kappa shape index (κ2) is 9.00. The lowest BCUT2D eigenvalue weighted by atomic mass is 10.2. The van der Waals surface area contributed by atoms with Crippen LogP contribution < -0.4 is 21.7 Å². The monoisotopic (exact) mass is 460 g/mol. The van der Waals surface area contributed by atoms with Gasteiger partial charge in [-0.2, -0.15) is 5.10 Å². The molecule has 5 rings (SSSR count). The van der Waals surface area contributed by atoms with E-state index in [2.05, 4.69) is 25.3 Å². The zero-order chi connectivity index (χ0) is 22.8. The summed E-state index contributed by atoms with van der Waals surface area (Å²) in [7, 11) is 0. The van der Waals surface area contributed by atoms with Gasteiger partial charge in [0.25, 0.3) is 5.91 Å². The third kappa shape index (κ3) is 4.71. The molecule has 1 amide bonds. The van der Waals surface area contributed by atoms with E-state index in [1.807, 2.05) is 36.5 Å². The maximum atomic E-state index is 13.0. The van der Waals surface area contributed by atoms with Crippen molar-refractivity contribution in [1.29, 1.82) is 0 Å². The molecule has 10 heteroatoms. The van der Waals surface area contributed by atoms with Gasteiger partial charge >= 0.3 is 0 Å². The number of anilines is 3. The molecule has 168 valence electrons. The Bertz CT molecular complexity index is 1270. The molecule has 4 heterocycles. The van der Waals surface area contributed by atoms with Crippen LogP contribution in [-0.2, 0) is 6.54 Å². The zero-order valence-electron chi connectivity index (χ0n) is 17.9. The first kappa shape index (κ1) is 21.1. The van der Waals surface area contributed by atoms with Crippen molar-refractivity contribution in [2.24, 2.45) is 5.73 Å². The maximum Gasteiger partial charge on any atom is 0.275 e. The van der Waals surface area contributed by atoms with Crippen LogP contribution in [0.1, 0.15) is 22.6 Å². The molecule has 0 radical (unpaired) electrons. The smallest absolute Gasteiger partial charge is 0.275 e. The summed E-state index contributed by atoms with van der Waals surface area (Å²) in [4.78, 5) is 24.0. The molecule has 0 saturated carbocycles. The molecule has 5 N–H and O–H groups in total. The number of nitrogens with one attached hydrogen (secondary N) is 1. The van der Waals surface area contributed by atoms with Crippen LogP contribution in [0.25, 0.3) is 10.6 Å². The molecule has 0 spiro atoms. The van der Waals surface area contributed by atoms with Crippen molar-refractivity contribution in [3.8, 4) is 10.6 Å². The number of benzene rings is 1. The fourth-order valence-electron chi connectivity index (χ4n) is 3.85. The molecule has 3 aromatic heterocycles. The Morgan fingerprint density at radius 2 is 2.18 bits per heavy atom. The van der Waals surface area contributed by atoms with Gasteiger partial charge in [-0.05, 0) is 36.8 Å². The predicted molar refractivity (Wildman–Crippen MR) is 130 cm³/mol. The van der Waals surface area contributed by atoms with Crippen molar-refractivity contribution in [1.82, 2.24) is 19.7 Å². The fourth-order valence-corrected chi connectivity index (χ4v) is 4.63. The number of hydrogen-bond donors (Lipinski definition) is 3. The van der Waals surface area contributed by atoms with Crippen molar-refractivity contribution in [3.63, 3.8) is 0 Å². The summed E-state index contributed by atoms with van der Waals surface area (Å²) in [5.41, 5.74) is 16.3. The number of pyridine rings is 1. The van der Waals surface area contributed by atoms with E-state index in [0.29, 0.717) is 23.6 Å². The second-order valence-electron chi connectivity index (χ2n) is 8.01. The van der Waals surface area contributed by atoms with Gasteiger partial charge in [0.1, 0.15) is 10.7 Å². The molecule has 1 aromatic carbocycles. The summed E-state index contributed by atoms with van der Waals surface area (Å²) in [6.07, 6.45) is 6.33. The number of aromatic nitrogens is 4. The largest absolute Gasteiger partial charge is 0.399 e. The minimum absolute atomic E-state index is 0.130. The summed E-state index contributed by atoms with van der Waals surface area (Å²) in [6.45, 7) is 2.16. The van der Waals surface area contributed by atoms with Gasteiger partial charge in [-0.1, -0.05) is 6.07 Å². The molecule has 9 nitrogen and oxygen atoms in total. The van der Waals surface area contributed by atoms with Crippen LogP contribution in [0.5, 0.6) is 0 Å². The summed E-state index contributed by atoms with van der Waals surface area (Å²) in [5.74, 6) is -0.284. The van der Waals surface area contributed by atoms with E-state index in [0.717, 1.165) is 41.5 Å². The van der Waals surface area contributed by atoms with Gasteiger partial charge in [0.15, 0.2) is 0 Å². The Morgan fingerprint density at radius 1 is 1.27 bits per heavy atom. The Labute approximate surface area is 195 Å². The molecule has 1 fully saturated rings. The SMILES string of the molecule is Nc1ccc(N2CCC(N)C2)c(NC(=O)c2csc(-c3cnn(Cc4ccccn4)c3)n2)c1. The number of carbonyl (C=O) groups excluding carboxylic acids is 1. The molecular weight excluding hydrogens is 436 g/mol. The molecule has 1 aliphatic rings. The van der Waals surface area contributed by atoms with Crippen LogP contribution in [0.4, 0.5) is 17.1 Å². The van der Waals surface area contributed by atoms with E-state index in [1.165, 1.54) is 11.3 Å². The topological polar surface area (TPSA) is 128 Å². The molecular formula is C23H24N8OS. The molecule has 0 aliphatic carbocycles. The average Bonchev–Trinajstić information content (AvgIpc) is 3.55. The first-order valence-electron chi connectivity index (χ1n) is 10.6. The number of hydrogen-bond acceptors (Lipinski definition) is 8. The van der Waals surface area contributed by atoms with Crippen LogP contribution in [0.2, 0.25) is 0 Å². The van der Waals surface area contributed by atoms with E-state index in [9.17, 15) is 4.79 Å². The summed E-state index contributed by atoms with van der Waals surface area (Å²) < 4.78 is 1.80. The molecule has 4 aromatic rings. The van der Waals surface area contributed by atoms with Gasteiger partial charge in [-0.15, -0.1) is 11.3 Å². The molecule has 1 saturated heterocycles. The lowest BCUT2D eigenvalue weighted by Crippen LogP contribution is -2.27. The quantitative estimate of drug-likeness (QED) is 0.378. The average molecular weight is 461 g/mol. The van der Waals surface area contributed by atoms with E-state index in [4.69, 9.17) is 11.5 Å². The third-order valence-corrected chi connectivity index (χ3v) is 6.39. The fraction of sp³-hybridized carbons (Fsp3) is 0.217. The lowest BCUT2D eigenvalue weighted by Gasteiger charge is -2.22. The van der Waals surface area contributed by atoms with Crippen LogP contribution in [0.15, 0.2) is 60.4 Å². The number of rotatable bonds is 6. The van der Waals surface area contributed by atoms with Crippen LogP contribution in [-0.4, -0.2) is 44.8 Å². The number of nitrogens with zero attached hydrogens (tertiary/aromatic N) is 5. The van der Waals surface area contributed by atoms with Gasteiger partial charge in [-0.3, -0.25) is 14.5 Å². The van der Waals surface area contributed by atoms with Crippen molar-refractivity contribution in [2.45, 2.75) is 19.0 Å². The standard InChI is InChI=1S/C23H24N8OS/c24-16-4-5-21(30-8-6-17(25)12-30)19(9-16)28-22(32)20-14-33-23(29-20)15-10-27-31(11-15)13-18-3-1-2-7-26-18/h1-5,7,9-11,14,17H,6,8,12-13,24-25H2,(H,28,32). The number of nitrogen functional groups attached to an aromatic ring is 1. The summed E-state index contributed by atoms with van der Waals surface area (Å²) >= 11 is 1.40.